The van der Waals surface area contributed by atoms with Crippen LogP contribution in [0.5, 0.6) is 0 Å². The number of benzene rings is 8. The molecule has 0 amide bonds. The molecular weight excluding hydrogens is 747 g/mol. The van der Waals surface area contributed by atoms with E-state index in [4.69, 9.17) is 9.98 Å². The van der Waals surface area contributed by atoms with Crippen LogP contribution in [0.3, 0.4) is 0 Å². The van der Waals surface area contributed by atoms with Crippen LogP contribution in [0.1, 0.15) is 11.9 Å². The van der Waals surface area contributed by atoms with Crippen molar-refractivity contribution in [2.45, 2.75) is 25.9 Å². The van der Waals surface area contributed by atoms with E-state index in [1.54, 1.807) is 0 Å². The number of hydrogen-bond donors (Lipinski definition) is 1. The van der Waals surface area contributed by atoms with Crippen LogP contribution >= 0.6 is 23.5 Å². The molecule has 4 heterocycles. The third-order valence-electron chi connectivity index (χ3n) is 11.2. The molecule has 0 bridgehead atoms. The predicted octanol–water partition coefficient (Wildman–Crippen LogP) is 11.6. The summed E-state index contributed by atoms with van der Waals surface area (Å²) in [7, 11) is 0. The lowest BCUT2D eigenvalue weighted by Gasteiger charge is -2.24. The van der Waals surface area contributed by atoms with Gasteiger partial charge in [-0.1, -0.05) is 157 Å². The van der Waals surface area contributed by atoms with Crippen molar-refractivity contribution in [1.82, 2.24) is 19.4 Å². The maximum absolute atomic E-state index is 5.64. The number of rotatable bonds is 5. The quantitative estimate of drug-likeness (QED) is 0.189. The molecule has 0 saturated carbocycles. The maximum atomic E-state index is 5.64. The van der Waals surface area contributed by atoms with Gasteiger partial charge in [0.25, 0.3) is 0 Å². The number of nitrogens with one attached hydrogen (secondary N) is 1. The van der Waals surface area contributed by atoms with Crippen molar-refractivity contribution < 1.29 is 0 Å². The van der Waals surface area contributed by atoms with Crippen molar-refractivity contribution in [3.8, 4) is 28.2 Å². The minimum Gasteiger partial charge on any atom is -0.344 e. The summed E-state index contributed by atoms with van der Waals surface area (Å²) in [6, 6.07) is 67.2. The fourth-order valence-corrected chi connectivity index (χ4v) is 10.8. The number of para-hydroxylation sites is 1. The van der Waals surface area contributed by atoms with E-state index in [0.29, 0.717) is 0 Å². The predicted molar refractivity (Wildman–Crippen MR) is 238 cm³/mol. The van der Waals surface area contributed by atoms with Crippen LogP contribution in [0.2, 0.25) is 0 Å². The minimum absolute atomic E-state index is 0.477. The molecule has 10 aromatic rings. The fraction of sp³-hybridized carbons (Fsp3) is 0.0196. The molecule has 2 aromatic heterocycles. The lowest BCUT2D eigenvalue weighted by Crippen LogP contribution is -2.44. The average Bonchev–Trinajstić information content (AvgIpc) is 3.85. The third-order valence-corrected chi connectivity index (χ3v) is 13.8. The largest absolute Gasteiger partial charge is 0.344 e. The Hall–Kier alpha value is -6.80. The summed E-state index contributed by atoms with van der Waals surface area (Å²) >= 11 is 3.71. The summed E-state index contributed by atoms with van der Waals surface area (Å²) in [6.07, 6.45) is -0.477. The van der Waals surface area contributed by atoms with E-state index >= 15 is 0 Å². The van der Waals surface area contributed by atoms with Gasteiger partial charge in [-0.05, 0) is 76.5 Å². The molecule has 1 atom stereocenters. The standard InChI is InChI=1S/C51H33N5S2/c1-4-15-33(16-5-1)47-48-50(55(37-19-8-3-9-20-37)49(52-48)34-17-6-2-7-18-34)54-51(53-47)56-40-27-25-35(30-39(40)46-38-21-11-10-14-32(38)24-28-41(46)56)36-26-29-44-45(31-36)58-43-23-13-12-22-42(43)57-44/h1-31,51,53H. The van der Waals surface area contributed by atoms with Gasteiger partial charge in [-0.25, -0.2) is 9.98 Å². The summed E-state index contributed by atoms with van der Waals surface area (Å²) in [4.78, 5) is 16.2. The Kier molecular flexibility index (Phi) is 7.71. The first-order valence-corrected chi connectivity index (χ1v) is 21.1. The second-order valence-electron chi connectivity index (χ2n) is 14.6. The Morgan fingerprint density at radius 1 is 0.483 bits per heavy atom. The van der Waals surface area contributed by atoms with E-state index < -0.39 is 6.29 Å². The molecule has 0 radical (unpaired) electrons. The van der Waals surface area contributed by atoms with E-state index in [9.17, 15) is 0 Å². The number of hydrogen-bond acceptors (Lipinski definition) is 5. The van der Waals surface area contributed by atoms with Gasteiger partial charge < -0.3 is 9.88 Å². The van der Waals surface area contributed by atoms with Crippen molar-refractivity contribution in [2.75, 3.05) is 0 Å². The molecule has 274 valence electrons. The zero-order valence-electron chi connectivity index (χ0n) is 31.1. The monoisotopic (exact) mass is 779 g/mol. The van der Waals surface area contributed by atoms with E-state index in [0.717, 1.165) is 50.2 Å². The van der Waals surface area contributed by atoms with Crippen LogP contribution in [0.15, 0.2) is 213 Å². The molecular formula is C51H33N5S2. The maximum Gasteiger partial charge on any atom is 0.203 e. The Morgan fingerprint density at radius 2 is 1.10 bits per heavy atom. The molecule has 2 aliphatic rings. The molecule has 8 aromatic carbocycles. The molecule has 2 aliphatic heterocycles. The molecule has 1 unspecified atom stereocenters. The van der Waals surface area contributed by atoms with Crippen LogP contribution in [-0.4, -0.2) is 14.1 Å². The van der Waals surface area contributed by atoms with Gasteiger partial charge in [-0.2, -0.15) is 0 Å². The van der Waals surface area contributed by atoms with Gasteiger partial charge in [0.2, 0.25) is 6.29 Å². The number of aromatic nitrogens is 3. The van der Waals surface area contributed by atoms with Gasteiger partial charge in [0.1, 0.15) is 11.2 Å². The smallest absolute Gasteiger partial charge is 0.203 e. The lowest BCUT2D eigenvalue weighted by molar-refractivity contribution is 0.483. The first kappa shape index (κ1) is 33.4. The lowest BCUT2D eigenvalue weighted by atomic mass is 10.00. The summed E-state index contributed by atoms with van der Waals surface area (Å²) in [5, 5.41) is 9.60. The molecule has 58 heavy (non-hydrogen) atoms. The summed E-state index contributed by atoms with van der Waals surface area (Å²) in [5.74, 6) is 0.847. The van der Waals surface area contributed by atoms with Crippen molar-refractivity contribution in [2.24, 2.45) is 4.99 Å². The first-order chi connectivity index (χ1) is 28.7. The van der Waals surface area contributed by atoms with Crippen molar-refractivity contribution >= 4 is 61.8 Å². The van der Waals surface area contributed by atoms with E-state index in [1.165, 1.54) is 52.3 Å². The molecule has 1 N–H and O–H groups in total. The number of nitrogens with zero attached hydrogens (tertiary/aromatic N) is 4. The summed E-state index contributed by atoms with van der Waals surface area (Å²) in [6.45, 7) is 0. The Morgan fingerprint density at radius 3 is 1.90 bits per heavy atom. The van der Waals surface area contributed by atoms with Gasteiger partial charge in [0, 0.05) is 47.2 Å². The molecule has 5 nitrogen and oxygen atoms in total. The van der Waals surface area contributed by atoms with Gasteiger partial charge in [0.15, 0.2) is 5.49 Å². The summed E-state index contributed by atoms with van der Waals surface area (Å²) < 4.78 is 4.60. The second kappa shape index (κ2) is 13.4. The number of imidazole rings is 1. The van der Waals surface area contributed by atoms with Crippen molar-refractivity contribution in [3.63, 3.8) is 0 Å². The fourth-order valence-electron chi connectivity index (χ4n) is 8.56. The van der Waals surface area contributed by atoms with Crippen LogP contribution in [-0.2, 0) is 0 Å². The highest BCUT2D eigenvalue weighted by molar-refractivity contribution is 8.05. The molecule has 0 spiro atoms. The van der Waals surface area contributed by atoms with E-state index in [-0.39, 0.29) is 0 Å². The zero-order valence-corrected chi connectivity index (χ0v) is 32.7. The third kappa shape index (κ3) is 5.35. The van der Waals surface area contributed by atoms with Gasteiger partial charge in [-0.15, -0.1) is 0 Å². The minimum atomic E-state index is -0.477. The highest BCUT2D eigenvalue weighted by Crippen LogP contribution is 2.49. The SMILES string of the molecule is c1ccc(C2=c3nc(-c4ccccc4)n(-c4ccccc4)c3=NC(n3c4ccc(-c5ccc6c(c5)Sc5ccccc5S6)cc4c4c5ccccc5ccc43)N2)cc1. The van der Waals surface area contributed by atoms with Crippen LogP contribution < -0.4 is 16.2 Å². The normalized spacial score (nSPS) is 14.5. The van der Waals surface area contributed by atoms with Gasteiger partial charge in [0.05, 0.1) is 16.7 Å². The summed E-state index contributed by atoms with van der Waals surface area (Å²) in [5.41, 5.74) is 9.47. The molecule has 0 aliphatic carbocycles. The van der Waals surface area contributed by atoms with Crippen molar-refractivity contribution in [1.29, 1.82) is 0 Å². The Balaban J connectivity index is 1.10. The highest BCUT2D eigenvalue weighted by Gasteiger charge is 2.27. The topological polar surface area (TPSA) is 47.1 Å². The van der Waals surface area contributed by atoms with Crippen LogP contribution in [0.4, 0.5) is 0 Å². The molecule has 0 fully saturated rings. The molecule has 0 saturated heterocycles. The Labute approximate surface area is 343 Å². The Bertz CT molecular complexity index is 3370. The second-order valence-corrected chi connectivity index (χ2v) is 16.8. The zero-order chi connectivity index (χ0) is 38.2. The van der Waals surface area contributed by atoms with Crippen LogP contribution in [0, 0.1) is 0 Å². The highest BCUT2D eigenvalue weighted by atomic mass is 32.2. The van der Waals surface area contributed by atoms with Crippen LogP contribution in [0.25, 0.3) is 66.5 Å². The molecule has 12 rings (SSSR count). The van der Waals surface area contributed by atoms with E-state index in [1.807, 2.05) is 29.6 Å². The van der Waals surface area contributed by atoms with Crippen molar-refractivity contribution in [3.05, 3.63) is 204 Å². The van der Waals surface area contributed by atoms with Gasteiger partial charge in [-0.3, -0.25) is 4.57 Å². The van der Waals surface area contributed by atoms with E-state index in [2.05, 4.69) is 196 Å². The average molecular weight is 780 g/mol. The number of fused-ring (bicyclic) bond motifs is 8. The van der Waals surface area contributed by atoms with Gasteiger partial charge >= 0.3 is 0 Å². The molecule has 7 heteroatoms. The first-order valence-electron chi connectivity index (χ1n) is 19.4.